The molecule has 3 aromatic heterocycles. The molecule has 9 nitrogen and oxygen atoms in total. The average molecular weight is 474 g/mol. The van der Waals surface area contributed by atoms with Gasteiger partial charge in [0.25, 0.3) is 5.91 Å². The van der Waals surface area contributed by atoms with Crippen LogP contribution in [-0.2, 0) is 19.7 Å². The Kier molecular flexibility index (Phi) is 5.77. The Hall–Kier alpha value is -3.93. The van der Waals surface area contributed by atoms with Crippen molar-refractivity contribution in [1.29, 1.82) is 0 Å². The van der Waals surface area contributed by atoms with Gasteiger partial charge in [0.1, 0.15) is 5.82 Å². The number of hydrogen-bond acceptors (Lipinski definition) is 5. The van der Waals surface area contributed by atoms with Gasteiger partial charge in [-0.3, -0.25) is 14.3 Å². The molecule has 3 heterocycles. The number of aryl methyl sites for hydroxylation is 2. The average Bonchev–Trinajstić information content (AvgIpc) is 3.35. The Morgan fingerprint density at radius 2 is 1.94 bits per heavy atom. The first-order chi connectivity index (χ1) is 16.0. The first kappa shape index (κ1) is 23.2. The molecule has 12 heteroatoms. The number of rotatable bonds is 6. The minimum absolute atomic E-state index is 0.216. The van der Waals surface area contributed by atoms with Gasteiger partial charge in [-0.2, -0.15) is 13.2 Å². The quantitative estimate of drug-likeness (QED) is 0.396. The maximum atomic E-state index is 13.6. The van der Waals surface area contributed by atoms with Gasteiger partial charge in [-0.25, -0.2) is 14.8 Å². The Labute approximate surface area is 190 Å². The molecular weight excluding hydrogens is 453 g/mol. The van der Waals surface area contributed by atoms with Crippen LogP contribution in [0.4, 0.5) is 13.2 Å². The number of nitrogens with one attached hydrogen (secondary N) is 2. The van der Waals surface area contributed by atoms with Crippen LogP contribution < -0.4 is 11.0 Å². The fraction of sp³-hybridized carbons (Fsp3) is 0.273. The third-order valence-electron chi connectivity index (χ3n) is 5.65. The number of carbonyl (C=O) groups excluding carboxylic acids is 1. The molecular formula is C22H21F3N6O3. The van der Waals surface area contributed by atoms with Crippen molar-refractivity contribution in [2.45, 2.75) is 18.2 Å². The Morgan fingerprint density at radius 3 is 2.62 bits per heavy atom. The number of hydrogen-bond donors (Lipinski definition) is 3. The fourth-order valence-electron chi connectivity index (χ4n) is 3.70. The zero-order valence-electron chi connectivity index (χ0n) is 18.2. The summed E-state index contributed by atoms with van der Waals surface area (Å²) in [6.45, 7) is -0.440. The Morgan fingerprint density at radius 1 is 1.18 bits per heavy atom. The van der Waals surface area contributed by atoms with Crippen molar-refractivity contribution in [2.75, 3.05) is 6.54 Å². The lowest BCUT2D eigenvalue weighted by atomic mass is 9.97. The molecule has 1 amide bonds. The van der Waals surface area contributed by atoms with E-state index in [1.54, 1.807) is 37.5 Å². The fourth-order valence-corrected chi connectivity index (χ4v) is 3.70. The highest BCUT2D eigenvalue weighted by Gasteiger charge is 2.57. The topological polar surface area (TPSA) is 118 Å². The van der Waals surface area contributed by atoms with Gasteiger partial charge < -0.3 is 15.0 Å². The summed E-state index contributed by atoms with van der Waals surface area (Å²) < 4.78 is 43.4. The summed E-state index contributed by atoms with van der Waals surface area (Å²) in [5, 5.41) is 12.8. The van der Waals surface area contributed by atoms with Crippen LogP contribution in [0.3, 0.4) is 0 Å². The van der Waals surface area contributed by atoms with Gasteiger partial charge >= 0.3 is 11.9 Å². The summed E-state index contributed by atoms with van der Waals surface area (Å²) in [6.07, 6.45) is -1.79. The van der Waals surface area contributed by atoms with E-state index in [9.17, 15) is 27.9 Å². The molecule has 0 aliphatic rings. The summed E-state index contributed by atoms with van der Waals surface area (Å²) in [4.78, 5) is 34.9. The van der Waals surface area contributed by atoms with E-state index in [-0.39, 0.29) is 11.3 Å². The van der Waals surface area contributed by atoms with Crippen molar-refractivity contribution >= 4 is 17.1 Å². The van der Waals surface area contributed by atoms with Crippen molar-refractivity contribution in [3.8, 4) is 11.1 Å². The van der Waals surface area contributed by atoms with Crippen LogP contribution in [0.1, 0.15) is 22.6 Å². The number of H-pyrrole nitrogens is 1. The second kappa shape index (κ2) is 8.45. The number of aromatic amines is 1. The number of alkyl halides is 3. The summed E-state index contributed by atoms with van der Waals surface area (Å²) in [5.41, 5.74) is -1.01. The lowest BCUT2D eigenvalue weighted by molar-refractivity contribution is -0.272. The minimum Gasteiger partial charge on any atom is -0.374 e. The molecule has 1 atom stereocenters. The molecule has 0 aliphatic heterocycles. The van der Waals surface area contributed by atoms with Crippen LogP contribution in [0.2, 0.25) is 0 Å². The van der Waals surface area contributed by atoms with Crippen LogP contribution in [-0.4, -0.2) is 47.8 Å². The molecule has 34 heavy (non-hydrogen) atoms. The number of carbonyl (C=O) groups is 1. The first-order valence-corrected chi connectivity index (χ1v) is 10.2. The number of imidazole rings is 2. The van der Waals surface area contributed by atoms with Crippen LogP contribution in [0.15, 0.2) is 53.7 Å². The number of aliphatic hydroxyl groups is 1. The molecule has 4 aromatic rings. The summed E-state index contributed by atoms with van der Waals surface area (Å²) in [7, 11) is 2.95. The third-order valence-corrected chi connectivity index (χ3v) is 5.65. The van der Waals surface area contributed by atoms with E-state index >= 15 is 0 Å². The number of halogens is 3. The predicted octanol–water partition coefficient (Wildman–Crippen LogP) is 2.23. The maximum Gasteiger partial charge on any atom is 0.424 e. The molecule has 0 aliphatic carbocycles. The Bertz CT molecular complexity index is 1420. The van der Waals surface area contributed by atoms with Gasteiger partial charge in [-0.05, 0) is 23.8 Å². The summed E-state index contributed by atoms with van der Waals surface area (Å²) >= 11 is 0. The normalized spacial score (nSPS) is 13.7. The number of benzene rings is 1. The molecule has 0 spiro atoms. The lowest BCUT2D eigenvalue weighted by Gasteiger charge is -2.30. The largest absolute Gasteiger partial charge is 0.424 e. The zero-order chi connectivity index (χ0) is 24.7. The second-order valence-electron chi connectivity index (χ2n) is 7.89. The van der Waals surface area contributed by atoms with E-state index < -0.39 is 36.5 Å². The van der Waals surface area contributed by atoms with Crippen LogP contribution in [0.25, 0.3) is 22.3 Å². The molecule has 0 radical (unpaired) electrons. The number of nitrogens with zero attached hydrogens (tertiary/aromatic N) is 4. The molecule has 0 fully saturated rings. The molecule has 0 saturated carbocycles. The first-order valence-electron chi connectivity index (χ1n) is 10.2. The number of aromatic nitrogens is 5. The van der Waals surface area contributed by atoms with Gasteiger partial charge in [0.2, 0.25) is 5.60 Å². The van der Waals surface area contributed by atoms with Crippen LogP contribution >= 0.6 is 0 Å². The van der Waals surface area contributed by atoms with E-state index in [0.717, 1.165) is 10.8 Å². The minimum atomic E-state index is -4.99. The third kappa shape index (κ3) is 4.07. The second-order valence-corrected chi connectivity index (χ2v) is 7.89. The summed E-state index contributed by atoms with van der Waals surface area (Å²) in [6, 6.07) is 8.20. The molecule has 178 valence electrons. The molecule has 4 rings (SSSR count). The van der Waals surface area contributed by atoms with E-state index in [1.165, 1.54) is 23.9 Å². The standard InChI is InChI=1S/C22H21F3N6O3/c1-30-9-8-27-19(30)21(34,22(23,24)25)6-7-26-18(32)14-5-3-4-13(10-14)15-11-16-17(28-12-15)29-20(33)31(16)2/h3-5,8-12,34H,6-7H2,1-2H3,(H,26,32)(H,28,29,33)/t21-/m1/s1. The van der Waals surface area contributed by atoms with Crippen molar-refractivity contribution in [3.63, 3.8) is 0 Å². The van der Waals surface area contributed by atoms with Crippen molar-refractivity contribution < 1.29 is 23.1 Å². The van der Waals surface area contributed by atoms with Crippen LogP contribution in [0.5, 0.6) is 0 Å². The predicted molar refractivity (Wildman–Crippen MR) is 117 cm³/mol. The zero-order valence-corrected chi connectivity index (χ0v) is 18.2. The number of pyridine rings is 1. The SMILES string of the molecule is Cn1ccnc1[C@](O)(CCNC(=O)c1cccc(-c2cnc3[nH]c(=O)n(C)c3c2)c1)C(F)(F)F. The highest BCUT2D eigenvalue weighted by Crippen LogP contribution is 2.40. The molecule has 0 unspecified atom stereocenters. The van der Waals surface area contributed by atoms with E-state index in [2.05, 4.69) is 20.3 Å². The molecule has 3 N–H and O–H groups in total. The van der Waals surface area contributed by atoms with E-state index in [1.807, 2.05) is 0 Å². The van der Waals surface area contributed by atoms with Crippen LogP contribution in [0, 0.1) is 0 Å². The van der Waals surface area contributed by atoms with E-state index in [0.29, 0.717) is 22.3 Å². The lowest BCUT2D eigenvalue weighted by Crippen LogP contribution is -2.46. The monoisotopic (exact) mass is 474 g/mol. The van der Waals surface area contributed by atoms with Gasteiger partial charge in [0.15, 0.2) is 5.65 Å². The molecule has 0 saturated heterocycles. The van der Waals surface area contributed by atoms with Crippen molar-refractivity contribution in [3.05, 3.63) is 70.8 Å². The Balaban J connectivity index is 1.51. The van der Waals surface area contributed by atoms with Crippen molar-refractivity contribution in [2.24, 2.45) is 14.1 Å². The molecule has 1 aromatic carbocycles. The van der Waals surface area contributed by atoms with E-state index in [4.69, 9.17) is 0 Å². The maximum absolute atomic E-state index is 13.6. The van der Waals surface area contributed by atoms with Gasteiger partial charge in [-0.1, -0.05) is 12.1 Å². The van der Waals surface area contributed by atoms with Gasteiger partial charge in [0.05, 0.1) is 5.52 Å². The van der Waals surface area contributed by atoms with Gasteiger partial charge in [0, 0.05) is 56.8 Å². The highest BCUT2D eigenvalue weighted by atomic mass is 19.4. The number of fused-ring (bicyclic) bond motifs is 1. The van der Waals surface area contributed by atoms with Crippen molar-refractivity contribution in [1.82, 2.24) is 29.4 Å². The summed E-state index contributed by atoms with van der Waals surface area (Å²) in [5.74, 6) is -1.16. The van der Waals surface area contributed by atoms with Gasteiger partial charge in [-0.15, -0.1) is 0 Å². The molecule has 0 bridgehead atoms. The smallest absolute Gasteiger partial charge is 0.374 e. The number of amides is 1. The highest BCUT2D eigenvalue weighted by molar-refractivity contribution is 5.95.